The number of carbonyl (C=O) groups is 2. The molecule has 0 saturated heterocycles. The zero-order valence-electron chi connectivity index (χ0n) is 16.3. The van der Waals surface area contributed by atoms with Gasteiger partial charge in [0.1, 0.15) is 5.75 Å². The first-order chi connectivity index (χ1) is 13.5. The number of fused-ring (bicyclic) bond motifs is 1. The number of rotatable bonds is 8. The molecule has 0 unspecified atom stereocenters. The van der Waals surface area contributed by atoms with E-state index >= 15 is 0 Å². The average Bonchev–Trinajstić information content (AvgIpc) is 2.67. The van der Waals surface area contributed by atoms with E-state index in [9.17, 15) is 9.59 Å². The van der Waals surface area contributed by atoms with E-state index in [-0.39, 0.29) is 11.5 Å². The van der Waals surface area contributed by atoms with Gasteiger partial charge in [0.15, 0.2) is 11.5 Å². The van der Waals surface area contributed by atoms with Crippen LogP contribution >= 0.6 is 11.6 Å². The van der Waals surface area contributed by atoms with Crippen molar-refractivity contribution in [1.29, 1.82) is 0 Å². The van der Waals surface area contributed by atoms with Gasteiger partial charge in [0.05, 0.1) is 6.61 Å². The standard InChI is InChI=1S/C20H25ClN2O5/c1-4-9-22-19(24)27-16-12-17(26-6-3)18(28-20(25)23-10-5-2)14-8-7-13(21)11-15(14)16/h7-8,11-12H,4-6,9-10H2,1-3H3,(H,22,24)(H,23,25). The SMILES string of the molecule is CCCNC(=O)Oc1cc(OCC)c(OC(=O)NCCC)c2ccc(Cl)cc12. The van der Waals surface area contributed by atoms with Crippen LogP contribution in [-0.4, -0.2) is 31.9 Å². The van der Waals surface area contributed by atoms with Crippen molar-refractivity contribution in [1.82, 2.24) is 10.6 Å². The van der Waals surface area contributed by atoms with Crippen LogP contribution in [0.1, 0.15) is 33.6 Å². The normalized spacial score (nSPS) is 10.4. The van der Waals surface area contributed by atoms with Gasteiger partial charge in [0, 0.05) is 35.0 Å². The Morgan fingerprint density at radius 2 is 1.54 bits per heavy atom. The summed E-state index contributed by atoms with van der Waals surface area (Å²) < 4.78 is 16.6. The molecule has 2 aromatic rings. The third-order valence-corrected chi connectivity index (χ3v) is 3.95. The first kappa shape index (κ1) is 21.6. The molecule has 152 valence electrons. The molecular formula is C20H25ClN2O5. The van der Waals surface area contributed by atoms with E-state index in [2.05, 4.69) is 10.6 Å². The van der Waals surface area contributed by atoms with Crippen molar-refractivity contribution in [2.75, 3.05) is 19.7 Å². The van der Waals surface area contributed by atoms with E-state index in [1.165, 1.54) is 6.07 Å². The zero-order chi connectivity index (χ0) is 20.5. The summed E-state index contributed by atoms with van der Waals surface area (Å²) in [6.45, 7) is 7.02. The number of ether oxygens (including phenoxy) is 3. The van der Waals surface area contributed by atoms with Crippen molar-refractivity contribution >= 4 is 34.6 Å². The van der Waals surface area contributed by atoms with Crippen LogP contribution in [0.4, 0.5) is 9.59 Å². The predicted octanol–water partition coefficient (Wildman–Crippen LogP) is 4.89. The largest absolute Gasteiger partial charge is 0.490 e. The predicted molar refractivity (Wildman–Crippen MR) is 109 cm³/mol. The highest BCUT2D eigenvalue weighted by Crippen LogP contribution is 2.42. The maximum absolute atomic E-state index is 12.1. The summed E-state index contributed by atoms with van der Waals surface area (Å²) in [6.07, 6.45) is 0.392. The fourth-order valence-electron chi connectivity index (χ4n) is 2.48. The number of hydrogen-bond acceptors (Lipinski definition) is 5. The van der Waals surface area contributed by atoms with Crippen molar-refractivity contribution in [3.63, 3.8) is 0 Å². The molecule has 0 aromatic heterocycles. The van der Waals surface area contributed by atoms with Crippen molar-refractivity contribution in [3.8, 4) is 17.2 Å². The Morgan fingerprint density at radius 1 is 0.893 bits per heavy atom. The molecule has 0 saturated carbocycles. The highest BCUT2D eigenvalue weighted by Gasteiger charge is 2.20. The van der Waals surface area contributed by atoms with Gasteiger partial charge in [0.2, 0.25) is 0 Å². The van der Waals surface area contributed by atoms with Crippen LogP contribution in [0, 0.1) is 0 Å². The molecular weight excluding hydrogens is 384 g/mol. The van der Waals surface area contributed by atoms with Crippen LogP contribution in [0.3, 0.4) is 0 Å². The van der Waals surface area contributed by atoms with Crippen molar-refractivity contribution in [2.24, 2.45) is 0 Å². The summed E-state index contributed by atoms with van der Waals surface area (Å²) in [7, 11) is 0. The molecule has 0 aliphatic heterocycles. The lowest BCUT2D eigenvalue weighted by atomic mass is 10.1. The van der Waals surface area contributed by atoms with Crippen molar-refractivity contribution in [3.05, 3.63) is 29.3 Å². The number of amides is 2. The third-order valence-electron chi connectivity index (χ3n) is 3.71. The fraction of sp³-hybridized carbons (Fsp3) is 0.400. The monoisotopic (exact) mass is 408 g/mol. The van der Waals surface area contributed by atoms with Gasteiger partial charge in [-0.2, -0.15) is 0 Å². The quantitative estimate of drug-likeness (QED) is 0.649. The molecule has 28 heavy (non-hydrogen) atoms. The summed E-state index contributed by atoms with van der Waals surface area (Å²) in [5, 5.41) is 6.84. The van der Waals surface area contributed by atoms with Crippen LogP contribution in [0.2, 0.25) is 5.02 Å². The first-order valence-electron chi connectivity index (χ1n) is 9.30. The lowest BCUT2D eigenvalue weighted by Gasteiger charge is -2.17. The van der Waals surface area contributed by atoms with E-state index in [0.29, 0.717) is 41.2 Å². The lowest BCUT2D eigenvalue weighted by molar-refractivity contribution is 0.196. The second-order valence-electron chi connectivity index (χ2n) is 5.96. The van der Waals surface area contributed by atoms with Crippen LogP contribution < -0.4 is 24.8 Å². The Morgan fingerprint density at radius 3 is 2.14 bits per heavy atom. The van der Waals surface area contributed by atoms with Gasteiger partial charge in [0.25, 0.3) is 0 Å². The molecule has 2 rings (SSSR count). The van der Waals surface area contributed by atoms with Gasteiger partial charge >= 0.3 is 12.2 Å². The highest BCUT2D eigenvalue weighted by atomic mass is 35.5. The molecule has 0 radical (unpaired) electrons. The molecule has 8 heteroatoms. The molecule has 0 spiro atoms. The Kier molecular flexibility index (Phi) is 8.19. The summed E-state index contributed by atoms with van der Waals surface area (Å²) in [6, 6.07) is 6.53. The Balaban J connectivity index is 2.50. The minimum absolute atomic E-state index is 0.239. The van der Waals surface area contributed by atoms with E-state index in [1.807, 2.05) is 20.8 Å². The van der Waals surface area contributed by atoms with Crippen molar-refractivity contribution in [2.45, 2.75) is 33.6 Å². The number of halogens is 1. The molecule has 0 aliphatic carbocycles. The van der Waals surface area contributed by atoms with Crippen LogP contribution in [0.15, 0.2) is 24.3 Å². The van der Waals surface area contributed by atoms with Gasteiger partial charge in [-0.25, -0.2) is 9.59 Å². The summed E-state index contributed by atoms with van der Waals surface area (Å²) in [5.74, 6) is 0.793. The minimum Gasteiger partial charge on any atom is -0.490 e. The smallest absolute Gasteiger partial charge is 0.412 e. The molecule has 2 amide bonds. The second kappa shape index (κ2) is 10.6. The van der Waals surface area contributed by atoms with Crippen molar-refractivity contribution < 1.29 is 23.8 Å². The van der Waals surface area contributed by atoms with Gasteiger partial charge < -0.3 is 24.8 Å². The van der Waals surface area contributed by atoms with Gasteiger partial charge in [-0.05, 0) is 38.0 Å². The van der Waals surface area contributed by atoms with Crippen LogP contribution in [-0.2, 0) is 0 Å². The van der Waals surface area contributed by atoms with E-state index in [4.69, 9.17) is 25.8 Å². The molecule has 0 atom stereocenters. The summed E-state index contributed by atoms with van der Waals surface area (Å²) >= 11 is 6.13. The third kappa shape index (κ3) is 5.66. The van der Waals surface area contributed by atoms with Crippen LogP contribution in [0.25, 0.3) is 10.8 Å². The molecule has 0 aliphatic rings. The lowest BCUT2D eigenvalue weighted by Crippen LogP contribution is -2.28. The fourth-order valence-corrected chi connectivity index (χ4v) is 2.66. The van der Waals surface area contributed by atoms with E-state index in [0.717, 1.165) is 12.8 Å². The van der Waals surface area contributed by atoms with Gasteiger partial charge in [-0.1, -0.05) is 25.4 Å². The summed E-state index contributed by atoms with van der Waals surface area (Å²) in [5.41, 5.74) is 0. The maximum Gasteiger partial charge on any atom is 0.412 e. The molecule has 0 fully saturated rings. The van der Waals surface area contributed by atoms with E-state index < -0.39 is 12.2 Å². The zero-order valence-corrected chi connectivity index (χ0v) is 17.0. The Bertz CT molecular complexity index is 841. The maximum atomic E-state index is 12.1. The van der Waals surface area contributed by atoms with Gasteiger partial charge in [-0.15, -0.1) is 0 Å². The Hall–Kier alpha value is -2.67. The molecule has 0 bridgehead atoms. The number of nitrogens with one attached hydrogen (secondary N) is 2. The van der Waals surface area contributed by atoms with E-state index in [1.54, 1.807) is 18.2 Å². The molecule has 0 heterocycles. The van der Waals surface area contributed by atoms with Crippen LogP contribution in [0.5, 0.6) is 17.2 Å². The Labute approximate surface area is 169 Å². The average molecular weight is 409 g/mol. The molecule has 7 nitrogen and oxygen atoms in total. The molecule has 2 aromatic carbocycles. The van der Waals surface area contributed by atoms with Gasteiger partial charge in [-0.3, -0.25) is 0 Å². The molecule has 2 N–H and O–H groups in total. The number of hydrogen-bond donors (Lipinski definition) is 2. The second-order valence-corrected chi connectivity index (χ2v) is 6.39. The minimum atomic E-state index is -0.589. The topological polar surface area (TPSA) is 85.9 Å². The summed E-state index contributed by atoms with van der Waals surface area (Å²) in [4.78, 5) is 24.2. The number of carbonyl (C=O) groups excluding carboxylic acids is 2. The number of benzene rings is 2. The first-order valence-corrected chi connectivity index (χ1v) is 9.68. The highest BCUT2D eigenvalue weighted by molar-refractivity contribution is 6.31.